The number of piperidine rings is 1. The lowest BCUT2D eigenvalue weighted by atomic mass is 9.98. The SMILES string of the molecule is CCCc1nc(CN(C)C2CC3CCC(C2)N3)no1. The molecule has 19 heavy (non-hydrogen) atoms. The Bertz CT molecular complexity index is 407. The Balaban J connectivity index is 1.56. The molecule has 1 aromatic rings. The van der Waals surface area contributed by atoms with E-state index in [2.05, 4.69) is 34.3 Å². The molecule has 0 amide bonds. The summed E-state index contributed by atoms with van der Waals surface area (Å²) in [6.45, 7) is 2.93. The minimum atomic E-state index is 0.659. The van der Waals surface area contributed by atoms with Gasteiger partial charge in [0.1, 0.15) is 0 Å². The van der Waals surface area contributed by atoms with Gasteiger partial charge in [0.15, 0.2) is 5.82 Å². The first kappa shape index (κ1) is 13.1. The van der Waals surface area contributed by atoms with E-state index in [1.165, 1.54) is 25.7 Å². The van der Waals surface area contributed by atoms with Crippen LogP contribution in [0, 0.1) is 0 Å². The van der Waals surface area contributed by atoms with Crippen molar-refractivity contribution in [2.45, 2.75) is 70.1 Å². The van der Waals surface area contributed by atoms with E-state index in [4.69, 9.17) is 4.52 Å². The van der Waals surface area contributed by atoms with Crippen LogP contribution in [0.5, 0.6) is 0 Å². The Morgan fingerprint density at radius 3 is 2.74 bits per heavy atom. The van der Waals surface area contributed by atoms with E-state index >= 15 is 0 Å². The Morgan fingerprint density at radius 1 is 1.32 bits per heavy atom. The van der Waals surface area contributed by atoms with Gasteiger partial charge in [0.05, 0.1) is 6.54 Å². The fraction of sp³-hybridized carbons (Fsp3) is 0.857. The van der Waals surface area contributed by atoms with Crippen LogP contribution in [0.3, 0.4) is 0 Å². The van der Waals surface area contributed by atoms with E-state index in [0.29, 0.717) is 6.04 Å². The summed E-state index contributed by atoms with van der Waals surface area (Å²) in [7, 11) is 2.19. The molecule has 2 fully saturated rings. The van der Waals surface area contributed by atoms with Crippen molar-refractivity contribution in [1.82, 2.24) is 20.4 Å². The van der Waals surface area contributed by atoms with Crippen molar-refractivity contribution in [2.75, 3.05) is 7.05 Å². The molecule has 0 spiro atoms. The third kappa shape index (κ3) is 2.98. The quantitative estimate of drug-likeness (QED) is 0.878. The standard InChI is InChI=1S/C14H24N4O/c1-3-4-14-16-13(17-19-14)9-18(2)12-7-10-5-6-11(8-12)15-10/h10-12,15H,3-9H2,1-2H3. The normalized spacial score (nSPS) is 30.2. The van der Waals surface area contributed by atoms with Crippen molar-refractivity contribution >= 4 is 0 Å². The summed E-state index contributed by atoms with van der Waals surface area (Å²) in [5, 5.41) is 7.76. The first-order valence-electron chi connectivity index (χ1n) is 7.52. The van der Waals surface area contributed by atoms with Crippen LogP contribution in [0.1, 0.15) is 50.7 Å². The lowest BCUT2D eigenvalue weighted by molar-refractivity contribution is 0.161. The number of aryl methyl sites for hydroxylation is 1. The van der Waals surface area contributed by atoms with E-state index in [1.807, 2.05) is 0 Å². The molecule has 3 rings (SSSR count). The molecule has 0 saturated carbocycles. The number of rotatable bonds is 5. The molecule has 5 nitrogen and oxygen atoms in total. The summed E-state index contributed by atoms with van der Waals surface area (Å²) in [4.78, 5) is 6.85. The zero-order chi connectivity index (χ0) is 13.2. The monoisotopic (exact) mass is 264 g/mol. The average Bonchev–Trinajstić information content (AvgIpc) is 2.97. The van der Waals surface area contributed by atoms with E-state index in [0.717, 1.165) is 43.2 Å². The minimum absolute atomic E-state index is 0.659. The molecule has 106 valence electrons. The van der Waals surface area contributed by atoms with Crippen molar-refractivity contribution in [2.24, 2.45) is 0 Å². The fourth-order valence-electron chi connectivity index (χ4n) is 3.41. The van der Waals surface area contributed by atoms with Crippen LogP contribution < -0.4 is 5.32 Å². The van der Waals surface area contributed by atoms with Gasteiger partial charge in [0, 0.05) is 24.5 Å². The second-order valence-corrected chi connectivity index (χ2v) is 6.03. The van der Waals surface area contributed by atoms with E-state index in [9.17, 15) is 0 Å². The first-order chi connectivity index (χ1) is 9.24. The van der Waals surface area contributed by atoms with Gasteiger partial charge in [-0.2, -0.15) is 4.98 Å². The van der Waals surface area contributed by atoms with Gasteiger partial charge in [-0.15, -0.1) is 0 Å². The smallest absolute Gasteiger partial charge is 0.226 e. The van der Waals surface area contributed by atoms with Gasteiger partial charge in [0.25, 0.3) is 0 Å². The zero-order valence-electron chi connectivity index (χ0n) is 11.9. The third-order valence-corrected chi connectivity index (χ3v) is 4.44. The lowest BCUT2D eigenvalue weighted by Crippen LogP contribution is -2.46. The number of nitrogens with zero attached hydrogens (tertiary/aromatic N) is 3. The van der Waals surface area contributed by atoms with Crippen LogP contribution in [0.25, 0.3) is 0 Å². The summed E-state index contributed by atoms with van der Waals surface area (Å²) in [6, 6.07) is 2.12. The summed E-state index contributed by atoms with van der Waals surface area (Å²) >= 11 is 0. The largest absolute Gasteiger partial charge is 0.339 e. The topological polar surface area (TPSA) is 54.2 Å². The van der Waals surface area contributed by atoms with Crippen molar-refractivity contribution in [1.29, 1.82) is 0 Å². The maximum atomic E-state index is 5.25. The highest BCUT2D eigenvalue weighted by molar-refractivity contribution is 4.96. The molecule has 2 saturated heterocycles. The third-order valence-electron chi connectivity index (χ3n) is 4.44. The van der Waals surface area contributed by atoms with E-state index in [1.54, 1.807) is 0 Å². The van der Waals surface area contributed by atoms with Gasteiger partial charge in [-0.05, 0) is 39.2 Å². The molecule has 2 bridgehead atoms. The zero-order valence-corrected chi connectivity index (χ0v) is 11.9. The highest BCUT2D eigenvalue weighted by Crippen LogP contribution is 2.29. The maximum Gasteiger partial charge on any atom is 0.226 e. The molecular weight excluding hydrogens is 240 g/mol. The molecular formula is C14H24N4O. The van der Waals surface area contributed by atoms with Crippen LogP contribution in [-0.4, -0.2) is 40.2 Å². The van der Waals surface area contributed by atoms with Crippen LogP contribution >= 0.6 is 0 Å². The van der Waals surface area contributed by atoms with Gasteiger partial charge >= 0.3 is 0 Å². The molecule has 2 aliphatic rings. The Kier molecular flexibility index (Phi) is 3.84. The maximum absolute atomic E-state index is 5.25. The summed E-state index contributed by atoms with van der Waals surface area (Å²) in [5.41, 5.74) is 0. The Labute approximate surface area is 114 Å². The van der Waals surface area contributed by atoms with E-state index < -0.39 is 0 Å². The van der Waals surface area contributed by atoms with Crippen LogP contribution in [0.4, 0.5) is 0 Å². The number of hydrogen-bond donors (Lipinski definition) is 1. The first-order valence-corrected chi connectivity index (χ1v) is 7.52. The van der Waals surface area contributed by atoms with Gasteiger partial charge in [-0.25, -0.2) is 0 Å². The van der Waals surface area contributed by atoms with Crippen molar-refractivity contribution in [3.63, 3.8) is 0 Å². The number of nitrogens with one attached hydrogen (secondary N) is 1. The molecule has 0 radical (unpaired) electrons. The van der Waals surface area contributed by atoms with Gasteiger partial charge in [-0.1, -0.05) is 12.1 Å². The van der Waals surface area contributed by atoms with E-state index in [-0.39, 0.29) is 0 Å². The number of aromatic nitrogens is 2. The van der Waals surface area contributed by atoms with Gasteiger partial charge in [-0.3, -0.25) is 4.90 Å². The summed E-state index contributed by atoms with van der Waals surface area (Å²) in [6.07, 6.45) is 7.14. The van der Waals surface area contributed by atoms with Crippen LogP contribution in [-0.2, 0) is 13.0 Å². The number of hydrogen-bond acceptors (Lipinski definition) is 5. The average molecular weight is 264 g/mol. The molecule has 1 N–H and O–H groups in total. The Morgan fingerprint density at radius 2 is 2.05 bits per heavy atom. The highest BCUT2D eigenvalue weighted by atomic mass is 16.5. The van der Waals surface area contributed by atoms with Crippen molar-refractivity contribution in [3.05, 3.63) is 11.7 Å². The molecule has 2 aliphatic heterocycles. The van der Waals surface area contributed by atoms with Crippen LogP contribution in [0.15, 0.2) is 4.52 Å². The molecule has 1 aromatic heterocycles. The molecule has 5 heteroatoms. The molecule has 2 unspecified atom stereocenters. The summed E-state index contributed by atoms with van der Waals surface area (Å²) < 4.78 is 5.25. The molecule has 3 heterocycles. The van der Waals surface area contributed by atoms with Gasteiger partial charge < -0.3 is 9.84 Å². The highest BCUT2D eigenvalue weighted by Gasteiger charge is 2.35. The number of fused-ring (bicyclic) bond motifs is 2. The molecule has 2 atom stereocenters. The Hall–Kier alpha value is -0.940. The van der Waals surface area contributed by atoms with Crippen LogP contribution in [0.2, 0.25) is 0 Å². The lowest BCUT2D eigenvalue weighted by Gasteiger charge is -2.34. The minimum Gasteiger partial charge on any atom is -0.339 e. The molecule has 0 aliphatic carbocycles. The second-order valence-electron chi connectivity index (χ2n) is 6.03. The second kappa shape index (κ2) is 5.59. The molecule has 0 aromatic carbocycles. The van der Waals surface area contributed by atoms with Crippen molar-refractivity contribution in [3.8, 4) is 0 Å². The fourth-order valence-corrected chi connectivity index (χ4v) is 3.41. The van der Waals surface area contributed by atoms with Crippen molar-refractivity contribution < 1.29 is 4.52 Å². The van der Waals surface area contributed by atoms with Gasteiger partial charge in [0.2, 0.25) is 5.89 Å². The predicted molar refractivity (Wildman–Crippen MR) is 72.7 cm³/mol. The summed E-state index contributed by atoms with van der Waals surface area (Å²) in [5.74, 6) is 1.60. The predicted octanol–water partition coefficient (Wildman–Crippen LogP) is 1.74.